The van der Waals surface area contributed by atoms with Crippen LogP contribution in [0.3, 0.4) is 0 Å². The summed E-state index contributed by atoms with van der Waals surface area (Å²) in [5.74, 6) is 0.876. The number of urea groups is 1. The van der Waals surface area contributed by atoms with E-state index in [0.717, 1.165) is 12.0 Å². The molecule has 0 aliphatic carbocycles. The van der Waals surface area contributed by atoms with Gasteiger partial charge in [0, 0.05) is 13.1 Å². The Labute approximate surface area is 178 Å². The van der Waals surface area contributed by atoms with Crippen molar-refractivity contribution in [2.24, 2.45) is 5.92 Å². The molecule has 3 aromatic rings. The summed E-state index contributed by atoms with van der Waals surface area (Å²) in [5, 5.41) is 6.83. The zero-order chi connectivity index (χ0) is 20.9. The van der Waals surface area contributed by atoms with Gasteiger partial charge >= 0.3 is 12.0 Å². The predicted molar refractivity (Wildman–Crippen MR) is 112 cm³/mol. The standard InChI is InChI=1S/C21H20ClN5O3/c1-14-12-27(21(28)26-18-11-25-29-13-18)6-5-16(14)7-15-3-2-4-19(8-15)30-20-23-9-17(22)10-24-20/h2-4,7-11,13-14H,5-6,12H2,1H3,(H,26,28)/b16-7+. The van der Waals surface area contributed by atoms with Gasteiger partial charge in [-0.15, -0.1) is 0 Å². The molecule has 1 aromatic carbocycles. The number of halogens is 1. The fourth-order valence-electron chi connectivity index (χ4n) is 3.26. The SMILES string of the molecule is CC1CN(C(=O)Nc2cnoc2)CC/C1=C\c1cccc(Oc2ncc(Cl)cn2)c1. The molecule has 1 N–H and O–H groups in total. The lowest BCUT2D eigenvalue weighted by Gasteiger charge is -2.33. The van der Waals surface area contributed by atoms with Gasteiger partial charge in [-0.05, 0) is 30.0 Å². The van der Waals surface area contributed by atoms with E-state index in [1.165, 1.54) is 30.4 Å². The van der Waals surface area contributed by atoms with Gasteiger partial charge < -0.3 is 19.5 Å². The Morgan fingerprint density at radius 3 is 2.90 bits per heavy atom. The molecule has 9 heteroatoms. The van der Waals surface area contributed by atoms with E-state index >= 15 is 0 Å². The monoisotopic (exact) mass is 425 g/mol. The maximum atomic E-state index is 12.4. The molecule has 0 bridgehead atoms. The van der Waals surface area contributed by atoms with Gasteiger partial charge in [-0.25, -0.2) is 14.8 Å². The molecule has 2 amide bonds. The van der Waals surface area contributed by atoms with Crippen LogP contribution in [0.25, 0.3) is 6.08 Å². The summed E-state index contributed by atoms with van der Waals surface area (Å²) in [5.41, 5.74) is 2.85. The van der Waals surface area contributed by atoms with Crippen molar-refractivity contribution in [3.63, 3.8) is 0 Å². The van der Waals surface area contributed by atoms with Gasteiger partial charge in [-0.3, -0.25) is 0 Å². The number of hydrogen-bond donors (Lipinski definition) is 1. The lowest BCUT2D eigenvalue weighted by molar-refractivity contribution is 0.198. The summed E-state index contributed by atoms with van der Waals surface area (Å²) in [6.07, 6.45) is 8.80. The van der Waals surface area contributed by atoms with Crippen molar-refractivity contribution in [3.8, 4) is 11.8 Å². The van der Waals surface area contributed by atoms with E-state index in [2.05, 4.69) is 33.4 Å². The van der Waals surface area contributed by atoms with Gasteiger partial charge in [0.2, 0.25) is 0 Å². The van der Waals surface area contributed by atoms with Gasteiger partial charge in [-0.1, -0.05) is 47.5 Å². The molecular formula is C21H20ClN5O3. The van der Waals surface area contributed by atoms with Crippen molar-refractivity contribution in [3.05, 3.63) is 65.3 Å². The number of aromatic nitrogens is 3. The van der Waals surface area contributed by atoms with Crippen LogP contribution in [0.1, 0.15) is 18.9 Å². The zero-order valence-corrected chi connectivity index (χ0v) is 17.0. The molecule has 1 fully saturated rings. The lowest BCUT2D eigenvalue weighted by atomic mass is 9.91. The minimum atomic E-state index is -0.150. The first-order valence-electron chi connectivity index (χ1n) is 9.48. The van der Waals surface area contributed by atoms with Gasteiger partial charge in [0.1, 0.15) is 17.7 Å². The van der Waals surface area contributed by atoms with Crippen LogP contribution in [0.2, 0.25) is 5.02 Å². The maximum Gasteiger partial charge on any atom is 0.322 e. The average Bonchev–Trinajstić information content (AvgIpc) is 3.24. The Hall–Kier alpha value is -3.39. The highest BCUT2D eigenvalue weighted by Crippen LogP contribution is 2.27. The third-order valence-electron chi connectivity index (χ3n) is 4.78. The van der Waals surface area contributed by atoms with E-state index in [-0.39, 0.29) is 18.0 Å². The highest BCUT2D eigenvalue weighted by molar-refractivity contribution is 6.30. The topological polar surface area (TPSA) is 93.4 Å². The van der Waals surface area contributed by atoms with E-state index in [1.807, 2.05) is 24.3 Å². The number of carbonyl (C=O) groups excluding carboxylic acids is 1. The highest BCUT2D eigenvalue weighted by Gasteiger charge is 2.24. The third-order valence-corrected chi connectivity index (χ3v) is 4.98. The van der Waals surface area contributed by atoms with Crippen molar-refractivity contribution in [2.75, 3.05) is 18.4 Å². The van der Waals surface area contributed by atoms with E-state index in [4.69, 9.17) is 20.9 Å². The number of piperidine rings is 1. The lowest BCUT2D eigenvalue weighted by Crippen LogP contribution is -2.42. The number of amides is 2. The number of carbonyl (C=O) groups is 1. The molecule has 1 atom stereocenters. The number of anilines is 1. The molecule has 1 aliphatic rings. The summed E-state index contributed by atoms with van der Waals surface area (Å²) in [4.78, 5) is 22.3. The van der Waals surface area contributed by atoms with Crippen LogP contribution >= 0.6 is 11.6 Å². The Balaban J connectivity index is 1.40. The van der Waals surface area contributed by atoms with Crippen molar-refractivity contribution in [1.29, 1.82) is 0 Å². The van der Waals surface area contributed by atoms with Gasteiger partial charge in [-0.2, -0.15) is 0 Å². The number of ether oxygens (including phenoxy) is 1. The number of hydrogen-bond acceptors (Lipinski definition) is 6. The first kappa shape index (κ1) is 19.9. The van der Waals surface area contributed by atoms with Crippen LogP contribution in [0.4, 0.5) is 10.5 Å². The molecule has 1 unspecified atom stereocenters. The summed E-state index contributed by atoms with van der Waals surface area (Å²) < 4.78 is 10.4. The predicted octanol–water partition coefficient (Wildman–Crippen LogP) is 4.87. The van der Waals surface area contributed by atoms with Crippen molar-refractivity contribution < 1.29 is 14.1 Å². The van der Waals surface area contributed by atoms with E-state index < -0.39 is 0 Å². The van der Waals surface area contributed by atoms with E-state index in [1.54, 1.807) is 4.90 Å². The molecule has 1 saturated heterocycles. The van der Waals surface area contributed by atoms with Crippen LogP contribution in [-0.4, -0.2) is 39.1 Å². The largest absolute Gasteiger partial charge is 0.424 e. The van der Waals surface area contributed by atoms with Crippen LogP contribution < -0.4 is 10.1 Å². The fraction of sp³-hybridized carbons (Fsp3) is 0.238. The number of nitrogens with zero attached hydrogens (tertiary/aromatic N) is 4. The van der Waals surface area contributed by atoms with Crippen LogP contribution in [0, 0.1) is 5.92 Å². The number of benzene rings is 1. The summed E-state index contributed by atoms with van der Waals surface area (Å²) >= 11 is 5.80. The molecule has 4 rings (SSSR count). The second-order valence-electron chi connectivity index (χ2n) is 7.02. The second-order valence-corrected chi connectivity index (χ2v) is 7.45. The molecule has 0 saturated carbocycles. The minimum Gasteiger partial charge on any atom is -0.424 e. The highest BCUT2D eigenvalue weighted by atomic mass is 35.5. The van der Waals surface area contributed by atoms with Crippen LogP contribution in [0.5, 0.6) is 11.8 Å². The molecule has 3 heterocycles. The Kier molecular flexibility index (Phi) is 5.94. The summed E-state index contributed by atoms with van der Waals surface area (Å²) in [7, 11) is 0. The third kappa shape index (κ3) is 4.96. The molecule has 0 spiro atoms. The van der Waals surface area contributed by atoms with Crippen LogP contribution in [-0.2, 0) is 0 Å². The smallest absolute Gasteiger partial charge is 0.322 e. The first-order chi connectivity index (χ1) is 14.6. The van der Waals surface area contributed by atoms with E-state index in [9.17, 15) is 4.79 Å². The Morgan fingerprint density at radius 1 is 1.33 bits per heavy atom. The zero-order valence-electron chi connectivity index (χ0n) is 16.3. The van der Waals surface area contributed by atoms with Gasteiger partial charge in [0.05, 0.1) is 23.6 Å². The average molecular weight is 426 g/mol. The van der Waals surface area contributed by atoms with Crippen molar-refractivity contribution in [2.45, 2.75) is 13.3 Å². The maximum absolute atomic E-state index is 12.4. The Morgan fingerprint density at radius 2 is 2.17 bits per heavy atom. The normalized spacial score (nSPS) is 17.7. The molecule has 30 heavy (non-hydrogen) atoms. The molecule has 8 nitrogen and oxygen atoms in total. The molecule has 1 aliphatic heterocycles. The van der Waals surface area contributed by atoms with E-state index in [0.29, 0.717) is 29.5 Å². The quantitative estimate of drug-likeness (QED) is 0.641. The summed E-state index contributed by atoms with van der Waals surface area (Å²) in [6, 6.07) is 7.81. The van der Waals surface area contributed by atoms with Crippen molar-refractivity contribution >= 4 is 29.4 Å². The Bertz CT molecular complexity index is 1040. The molecule has 2 aromatic heterocycles. The molecule has 154 valence electrons. The number of nitrogens with one attached hydrogen (secondary N) is 1. The first-order valence-corrected chi connectivity index (χ1v) is 9.86. The fourth-order valence-corrected chi connectivity index (χ4v) is 3.36. The molecule has 0 radical (unpaired) electrons. The molecular weight excluding hydrogens is 406 g/mol. The second kappa shape index (κ2) is 8.96. The number of rotatable bonds is 4. The summed E-state index contributed by atoms with van der Waals surface area (Å²) in [6.45, 7) is 3.40. The van der Waals surface area contributed by atoms with Crippen molar-refractivity contribution in [1.82, 2.24) is 20.0 Å². The number of likely N-dealkylation sites (tertiary alicyclic amines) is 1. The van der Waals surface area contributed by atoms with Gasteiger partial charge in [0.25, 0.3) is 0 Å². The van der Waals surface area contributed by atoms with Crippen LogP contribution in [0.15, 0.2) is 59.2 Å². The van der Waals surface area contributed by atoms with Gasteiger partial charge in [0.15, 0.2) is 0 Å². The minimum absolute atomic E-state index is 0.150.